The molecule has 0 aromatic carbocycles. The molecule has 0 amide bonds. The molecule has 1 saturated carbocycles. The van der Waals surface area contributed by atoms with E-state index < -0.39 is 5.95 Å². The van der Waals surface area contributed by atoms with Gasteiger partial charge in [-0.25, -0.2) is 0 Å². The van der Waals surface area contributed by atoms with Crippen LogP contribution in [0, 0.1) is 0 Å². The first-order chi connectivity index (χ1) is 6.83. The lowest BCUT2D eigenvalue weighted by atomic mass is 9.95. The number of aliphatic hydroxyl groups excluding tert-OH is 1. The summed E-state index contributed by atoms with van der Waals surface area (Å²) in [7, 11) is 0. The normalized spacial score (nSPS) is 18.6. The van der Waals surface area contributed by atoms with E-state index in [2.05, 4.69) is 9.79 Å². The quantitative estimate of drug-likeness (QED) is 0.680. The molecule has 0 spiro atoms. The third-order valence-electron chi connectivity index (χ3n) is 2.79. The van der Waals surface area contributed by atoms with Gasteiger partial charge in [-0.15, -0.1) is 0 Å². The summed E-state index contributed by atoms with van der Waals surface area (Å²) >= 11 is 0. The van der Waals surface area contributed by atoms with Crippen LogP contribution in [-0.2, 0) is 6.61 Å². The van der Waals surface area contributed by atoms with E-state index in [1.807, 2.05) is 0 Å². The zero-order valence-electron chi connectivity index (χ0n) is 7.98. The average Bonchev–Trinajstić information content (AvgIpc) is 2.61. The lowest BCUT2D eigenvalue weighted by molar-refractivity contribution is -0.794. The fourth-order valence-corrected chi connectivity index (χ4v) is 2.03. The van der Waals surface area contributed by atoms with Crippen molar-refractivity contribution in [2.24, 2.45) is 0 Å². The average molecular weight is 198 g/mol. The summed E-state index contributed by atoms with van der Waals surface area (Å²) in [5, 5.41) is 23.8. The van der Waals surface area contributed by atoms with Crippen LogP contribution in [0.15, 0.2) is 4.52 Å². The molecular weight excluding hydrogens is 184 g/mol. The Labute approximate surface area is 81.9 Å². The van der Waals surface area contributed by atoms with Gasteiger partial charge in [0.2, 0.25) is 0 Å². The molecule has 1 heterocycles. The number of aromatic nitrogens is 2. The van der Waals surface area contributed by atoms with Crippen LogP contribution in [0.2, 0.25) is 0 Å². The maximum Gasteiger partial charge on any atom is 0.258 e. The molecule has 0 bridgehead atoms. The highest BCUT2D eigenvalue weighted by Gasteiger charge is 2.28. The van der Waals surface area contributed by atoms with Crippen LogP contribution in [0.1, 0.15) is 43.8 Å². The first kappa shape index (κ1) is 9.45. The highest BCUT2D eigenvalue weighted by Crippen LogP contribution is 2.24. The second kappa shape index (κ2) is 3.96. The summed E-state index contributed by atoms with van der Waals surface area (Å²) in [6.07, 6.45) is 5.59. The molecule has 1 aliphatic rings. The Morgan fingerprint density at radius 2 is 2.14 bits per heavy atom. The molecule has 14 heavy (non-hydrogen) atoms. The molecule has 1 fully saturated rings. The van der Waals surface area contributed by atoms with Gasteiger partial charge in [-0.05, 0) is 12.8 Å². The second-order valence-electron chi connectivity index (χ2n) is 3.70. The minimum absolute atomic E-state index is 0.234. The van der Waals surface area contributed by atoms with Crippen molar-refractivity contribution in [2.75, 3.05) is 0 Å². The Balaban J connectivity index is 2.21. The number of hydrogen-bond acceptors (Lipinski definition) is 4. The molecule has 1 aromatic heterocycles. The largest absolute Gasteiger partial charge is 0.539 e. The maximum atomic E-state index is 11.1. The van der Waals surface area contributed by atoms with Gasteiger partial charge < -0.3 is 14.7 Å². The molecule has 0 atom stereocenters. The van der Waals surface area contributed by atoms with Gasteiger partial charge in [0.15, 0.2) is 12.0 Å². The van der Waals surface area contributed by atoms with Gasteiger partial charge in [-0.3, -0.25) is 0 Å². The predicted octanol–water partition coefficient (Wildman–Crippen LogP) is 0.0332. The number of rotatable bonds is 2. The van der Waals surface area contributed by atoms with Crippen LogP contribution >= 0.6 is 0 Å². The fraction of sp³-hybridized carbons (Fsp3) is 0.778. The van der Waals surface area contributed by atoms with Gasteiger partial charge in [0.05, 0.1) is 5.27 Å². The monoisotopic (exact) mass is 198 g/mol. The predicted molar refractivity (Wildman–Crippen MR) is 44.2 cm³/mol. The molecule has 1 aromatic rings. The van der Waals surface area contributed by atoms with E-state index in [4.69, 9.17) is 5.11 Å². The van der Waals surface area contributed by atoms with Crippen LogP contribution in [0.25, 0.3) is 0 Å². The van der Waals surface area contributed by atoms with Crippen molar-refractivity contribution in [3.05, 3.63) is 5.69 Å². The Bertz CT molecular complexity index is 305. The molecule has 0 aliphatic heterocycles. The van der Waals surface area contributed by atoms with Crippen molar-refractivity contribution in [3.63, 3.8) is 0 Å². The molecule has 0 radical (unpaired) electrons. The molecule has 5 nitrogen and oxygen atoms in total. The SMILES string of the molecule is [O-]c1on[n+](C2CCCCC2)c1CO. The van der Waals surface area contributed by atoms with Gasteiger partial charge in [0.1, 0.15) is 6.61 Å². The summed E-state index contributed by atoms with van der Waals surface area (Å²) in [4.78, 5) is 0. The zero-order valence-corrected chi connectivity index (χ0v) is 7.98. The number of hydrogen-bond donors (Lipinski definition) is 1. The van der Waals surface area contributed by atoms with E-state index in [-0.39, 0.29) is 18.3 Å². The second-order valence-corrected chi connectivity index (χ2v) is 3.70. The van der Waals surface area contributed by atoms with Crippen molar-refractivity contribution >= 4 is 0 Å². The topological polar surface area (TPSA) is 73.2 Å². The maximum absolute atomic E-state index is 11.1. The van der Waals surface area contributed by atoms with E-state index in [0.717, 1.165) is 25.7 Å². The number of aliphatic hydroxyl groups is 1. The zero-order chi connectivity index (χ0) is 9.97. The Kier molecular flexibility index (Phi) is 2.67. The summed E-state index contributed by atoms with van der Waals surface area (Å²) in [6.45, 7) is -0.293. The van der Waals surface area contributed by atoms with Crippen molar-refractivity contribution < 1.29 is 19.4 Å². The minimum atomic E-state index is -0.516. The smallest absolute Gasteiger partial charge is 0.258 e. The van der Waals surface area contributed by atoms with E-state index >= 15 is 0 Å². The van der Waals surface area contributed by atoms with Crippen molar-refractivity contribution in [1.82, 2.24) is 5.27 Å². The number of nitrogens with zero attached hydrogens (tertiary/aromatic N) is 2. The van der Waals surface area contributed by atoms with Crippen molar-refractivity contribution in [3.8, 4) is 5.95 Å². The van der Waals surface area contributed by atoms with Gasteiger partial charge in [0.25, 0.3) is 5.69 Å². The van der Waals surface area contributed by atoms with Crippen LogP contribution in [0.5, 0.6) is 5.95 Å². The van der Waals surface area contributed by atoms with Crippen molar-refractivity contribution in [2.45, 2.75) is 44.8 Å². The molecule has 78 valence electrons. The first-order valence-corrected chi connectivity index (χ1v) is 5.01. The molecular formula is C9H14N2O3. The molecule has 5 heteroatoms. The van der Waals surface area contributed by atoms with Crippen LogP contribution in [0.4, 0.5) is 0 Å². The van der Waals surface area contributed by atoms with Crippen LogP contribution in [0.3, 0.4) is 0 Å². The fourth-order valence-electron chi connectivity index (χ4n) is 2.03. The summed E-state index contributed by atoms with van der Waals surface area (Å²) in [5.74, 6) is -0.516. The van der Waals surface area contributed by atoms with Crippen LogP contribution in [-0.4, -0.2) is 10.4 Å². The molecule has 1 N–H and O–H groups in total. The van der Waals surface area contributed by atoms with E-state index in [1.165, 1.54) is 6.42 Å². The Hall–Kier alpha value is -1.10. The van der Waals surface area contributed by atoms with E-state index in [0.29, 0.717) is 0 Å². The lowest BCUT2D eigenvalue weighted by Gasteiger charge is -2.14. The Morgan fingerprint density at radius 3 is 2.79 bits per heavy atom. The van der Waals surface area contributed by atoms with E-state index in [9.17, 15) is 5.11 Å². The summed E-state index contributed by atoms with van der Waals surface area (Å²) in [6, 6.07) is 0.234. The minimum Gasteiger partial charge on any atom is -0.539 e. The van der Waals surface area contributed by atoms with Gasteiger partial charge in [0, 0.05) is 12.8 Å². The molecule has 0 saturated heterocycles. The molecule has 2 rings (SSSR count). The highest BCUT2D eigenvalue weighted by molar-refractivity contribution is 5.01. The third-order valence-corrected chi connectivity index (χ3v) is 2.79. The van der Waals surface area contributed by atoms with Gasteiger partial charge >= 0.3 is 0 Å². The standard InChI is InChI=1S/C9H14N2O3/c12-6-8-9(13)14-10-11(8)7-4-2-1-3-5-7/h7,12H,1-6H2. The van der Waals surface area contributed by atoms with Gasteiger partial charge in [-0.2, -0.15) is 0 Å². The molecule has 1 aliphatic carbocycles. The van der Waals surface area contributed by atoms with Crippen LogP contribution < -0.4 is 9.79 Å². The summed E-state index contributed by atoms with van der Waals surface area (Å²) < 4.78 is 6.09. The third kappa shape index (κ3) is 1.59. The van der Waals surface area contributed by atoms with E-state index in [1.54, 1.807) is 4.68 Å². The Morgan fingerprint density at radius 1 is 1.43 bits per heavy atom. The summed E-state index contributed by atoms with van der Waals surface area (Å²) in [5.41, 5.74) is 0.275. The lowest BCUT2D eigenvalue weighted by Crippen LogP contribution is -2.45. The van der Waals surface area contributed by atoms with Gasteiger partial charge in [-0.1, -0.05) is 11.1 Å². The highest BCUT2D eigenvalue weighted by atomic mass is 16.6. The first-order valence-electron chi connectivity index (χ1n) is 5.01. The molecule has 0 unspecified atom stereocenters. The van der Waals surface area contributed by atoms with Crippen molar-refractivity contribution in [1.29, 1.82) is 0 Å².